The number of nitriles is 1. The summed E-state index contributed by atoms with van der Waals surface area (Å²) < 4.78 is 0. The number of benzene rings is 6. The Hall–Kier alpha value is -6.11. The molecular formula is C44H31N3. The molecular weight excluding hydrogens is 571 g/mol. The molecule has 222 valence electrons. The van der Waals surface area contributed by atoms with E-state index in [2.05, 4.69) is 135 Å². The Labute approximate surface area is 275 Å². The van der Waals surface area contributed by atoms with Crippen LogP contribution >= 0.6 is 0 Å². The molecule has 8 rings (SSSR count). The third-order valence-corrected chi connectivity index (χ3v) is 9.38. The van der Waals surface area contributed by atoms with Crippen LogP contribution in [0, 0.1) is 11.3 Å². The summed E-state index contributed by atoms with van der Waals surface area (Å²) in [4.78, 5) is 10.1. The molecule has 0 saturated heterocycles. The fraction of sp³-hybridized carbons (Fsp3) is 0.0682. The van der Waals surface area contributed by atoms with Gasteiger partial charge in [0.15, 0.2) is 5.82 Å². The maximum atomic E-state index is 10.0. The fourth-order valence-corrected chi connectivity index (χ4v) is 6.91. The van der Waals surface area contributed by atoms with Gasteiger partial charge in [-0.15, -0.1) is 0 Å². The van der Waals surface area contributed by atoms with Crippen molar-refractivity contribution in [2.45, 2.75) is 19.3 Å². The minimum absolute atomic E-state index is 0.186. The standard InChI is InChI=1S/C44H31N3/c1-44(2)37-17-9-15-35(28-45)41(37)42-36(16-10-18-38(42)44)31-21-25-34(26-22-31)43-46-39(32-13-7-4-8-14-32)27-40(47-43)33-23-19-30(20-24-33)29-11-5-3-6-12-29/h3-27H,1-2H3. The van der Waals surface area contributed by atoms with Gasteiger partial charge in [-0.05, 0) is 51.1 Å². The fourth-order valence-electron chi connectivity index (χ4n) is 6.91. The molecule has 3 nitrogen and oxygen atoms in total. The average molecular weight is 602 g/mol. The third kappa shape index (κ3) is 4.92. The Balaban J connectivity index is 1.21. The monoisotopic (exact) mass is 601 g/mol. The van der Waals surface area contributed by atoms with E-state index in [1.165, 1.54) is 22.3 Å². The summed E-state index contributed by atoms with van der Waals surface area (Å²) in [5.41, 5.74) is 14.5. The van der Waals surface area contributed by atoms with Crippen molar-refractivity contribution in [2.24, 2.45) is 0 Å². The van der Waals surface area contributed by atoms with E-state index >= 15 is 0 Å². The van der Waals surface area contributed by atoms with Crippen molar-refractivity contribution in [1.29, 1.82) is 5.26 Å². The Bertz CT molecular complexity index is 2300. The van der Waals surface area contributed by atoms with Gasteiger partial charge in [0, 0.05) is 27.7 Å². The smallest absolute Gasteiger partial charge is 0.160 e. The lowest BCUT2D eigenvalue weighted by molar-refractivity contribution is 0.660. The first-order valence-corrected chi connectivity index (χ1v) is 15.9. The predicted octanol–water partition coefficient (Wildman–Crippen LogP) is 11.0. The van der Waals surface area contributed by atoms with E-state index in [9.17, 15) is 5.26 Å². The van der Waals surface area contributed by atoms with E-state index in [4.69, 9.17) is 9.97 Å². The third-order valence-electron chi connectivity index (χ3n) is 9.38. The summed E-state index contributed by atoms with van der Waals surface area (Å²) in [6.45, 7) is 4.49. The van der Waals surface area contributed by atoms with E-state index in [-0.39, 0.29) is 5.41 Å². The van der Waals surface area contributed by atoms with Gasteiger partial charge < -0.3 is 0 Å². The first-order chi connectivity index (χ1) is 23.0. The number of nitrogens with zero attached hydrogens (tertiary/aromatic N) is 3. The van der Waals surface area contributed by atoms with Gasteiger partial charge in [-0.1, -0.05) is 153 Å². The minimum Gasteiger partial charge on any atom is -0.228 e. The second kappa shape index (κ2) is 11.4. The quantitative estimate of drug-likeness (QED) is 0.197. The van der Waals surface area contributed by atoms with Gasteiger partial charge in [0.2, 0.25) is 0 Å². The van der Waals surface area contributed by atoms with E-state index in [1.807, 2.05) is 36.4 Å². The molecule has 0 bridgehead atoms. The molecule has 0 atom stereocenters. The van der Waals surface area contributed by atoms with Gasteiger partial charge >= 0.3 is 0 Å². The largest absolute Gasteiger partial charge is 0.228 e. The highest BCUT2D eigenvalue weighted by Crippen LogP contribution is 2.53. The molecule has 1 aliphatic rings. The molecule has 0 saturated carbocycles. The maximum Gasteiger partial charge on any atom is 0.160 e. The lowest BCUT2D eigenvalue weighted by Gasteiger charge is -2.21. The van der Waals surface area contributed by atoms with Crippen LogP contribution in [0.2, 0.25) is 0 Å². The molecule has 0 N–H and O–H groups in total. The highest BCUT2D eigenvalue weighted by Gasteiger charge is 2.38. The zero-order chi connectivity index (χ0) is 32.0. The molecule has 6 aromatic carbocycles. The van der Waals surface area contributed by atoms with Crippen LogP contribution in [0.1, 0.15) is 30.5 Å². The van der Waals surface area contributed by atoms with Crippen LogP contribution in [0.5, 0.6) is 0 Å². The summed E-state index contributed by atoms with van der Waals surface area (Å²) in [6, 6.07) is 54.9. The topological polar surface area (TPSA) is 49.6 Å². The molecule has 0 spiro atoms. The predicted molar refractivity (Wildman–Crippen MR) is 191 cm³/mol. The Morgan fingerprint density at radius 3 is 1.60 bits per heavy atom. The van der Waals surface area contributed by atoms with Crippen LogP contribution in [0.3, 0.4) is 0 Å². The Kier molecular flexibility index (Phi) is 6.85. The van der Waals surface area contributed by atoms with Gasteiger partial charge in [-0.25, -0.2) is 9.97 Å². The summed E-state index contributed by atoms with van der Waals surface area (Å²) in [5.74, 6) is 0.677. The van der Waals surface area contributed by atoms with Crippen LogP contribution in [-0.2, 0) is 5.41 Å². The van der Waals surface area contributed by atoms with Crippen LogP contribution < -0.4 is 0 Å². The molecule has 1 heterocycles. The van der Waals surface area contributed by atoms with Gasteiger partial charge in [0.05, 0.1) is 23.0 Å². The molecule has 0 aliphatic heterocycles. The molecule has 0 fully saturated rings. The van der Waals surface area contributed by atoms with E-state index in [0.717, 1.165) is 50.3 Å². The van der Waals surface area contributed by atoms with Gasteiger partial charge in [0.1, 0.15) is 0 Å². The SMILES string of the molecule is CC1(C)c2cccc(C#N)c2-c2c(-c3ccc(-c4nc(-c5ccccc5)cc(-c5ccc(-c6ccccc6)cc5)n4)cc3)cccc21. The van der Waals surface area contributed by atoms with E-state index in [0.29, 0.717) is 11.4 Å². The van der Waals surface area contributed by atoms with Crippen molar-refractivity contribution in [3.05, 3.63) is 168 Å². The van der Waals surface area contributed by atoms with Crippen molar-refractivity contribution >= 4 is 0 Å². The molecule has 0 unspecified atom stereocenters. The normalized spacial score (nSPS) is 12.6. The minimum atomic E-state index is -0.186. The lowest BCUT2D eigenvalue weighted by atomic mass is 9.82. The van der Waals surface area contributed by atoms with Crippen molar-refractivity contribution in [1.82, 2.24) is 9.97 Å². The molecule has 3 heteroatoms. The molecule has 0 radical (unpaired) electrons. The highest BCUT2D eigenvalue weighted by atomic mass is 14.9. The zero-order valence-corrected chi connectivity index (χ0v) is 26.3. The number of aromatic nitrogens is 2. The van der Waals surface area contributed by atoms with E-state index < -0.39 is 0 Å². The van der Waals surface area contributed by atoms with Gasteiger partial charge in [-0.2, -0.15) is 5.26 Å². The van der Waals surface area contributed by atoms with Gasteiger partial charge in [0.25, 0.3) is 0 Å². The first kappa shape index (κ1) is 28.4. The number of hydrogen-bond donors (Lipinski definition) is 0. The summed E-state index contributed by atoms with van der Waals surface area (Å²) in [7, 11) is 0. The second-order valence-corrected chi connectivity index (χ2v) is 12.5. The van der Waals surface area contributed by atoms with Crippen LogP contribution in [0.25, 0.3) is 67.3 Å². The number of hydrogen-bond acceptors (Lipinski definition) is 3. The molecule has 1 aromatic heterocycles. The van der Waals surface area contributed by atoms with Gasteiger partial charge in [-0.3, -0.25) is 0 Å². The second-order valence-electron chi connectivity index (χ2n) is 12.5. The van der Waals surface area contributed by atoms with Crippen molar-refractivity contribution < 1.29 is 0 Å². The average Bonchev–Trinajstić information content (AvgIpc) is 3.38. The van der Waals surface area contributed by atoms with Crippen LogP contribution in [-0.4, -0.2) is 9.97 Å². The molecule has 47 heavy (non-hydrogen) atoms. The Morgan fingerprint density at radius 1 is 0.468 bits per heavy atom. The molecule has 1 aliphatic carbocycles. The summed E-state index contributed by atoms with van der Waals surface area (Å²) >= 11 is 0. The lowest BCUT2D eigenvalue weighted by Crippen LogP contribution is -2.14. The summed E-state index contributed by atoms with van der Waals surface area (Å²) in [6.07, 6.45) is 0. The van der Waals surface area contributed by atoms with Crippen LogP contribution in [0.15, 0.2) is 152 Å². The maximum absolute atomic E-state index is 10.0. The number of fused-ring (bicyclic) bond motifs is 3. The van der Waals surface area contributed by atoms with Crippen molar-refractivity contribution in [2.75, 3.05) is 0 Å². The van der Waals surface area contributed by atoms with Crippen molar-refractivity contribution in [3.8, 4) is 73.4 Å². The van der Waals surface area contributed by atoms with Crippen LogP contribution in [0.4, 0.5) is 0 Å². The van der Waals surface area contributed by atoms with E-state index in [1.54, 1.807) is 0 Å². The first-order valence-electron chi connectivity index (χ1n) is 15.9. The highest BCUT2D eigenvalue weighted by molar-refractivity contribution is 5.95. The van der Waals surface area contributed by atoms with Crippen molar-refractivity contribution in [3.63, 3.8) is 0 Å². The zero-order valence-electron chi connectivity index (χ0n) is 26.3. The Morgan fingerprint density at radius 2 is 0.957 bits per heavy atom. The summed E-state index contributed by atoms with van der Waals surface area (Å²) in [5, 5.41) is 10.0. The molecule has 0 amide bonds. The molecule has 7 aromatic rings. The number of rotatable bonds is 5.